The summed E-state index contributed by atoms with van der Waals surface area (Å²) in [6, 6.07) is 0. The summed E-state index contributed by atoms with van der Waals surface area (Å²) >= 11 is 0. The summed E-state index contributed by atoms with van der Waals surface area (Å²) in [7, 11) is 0. The second kappa shape index (κ2) is 14.0. The van der Waals surface area contributed by atoms with Crippen LogP contribution >= 0.6 is 0 Å². The molecule has 138 valence electrons. The van der Waals surface area contributed by atoms with E-state index in [1.54, 1.807) is 13.0 Å². The Morgan fingerprint density at radius 2 is 1.79 bits per heavy atom. The molecule has 24 heavy (non-hydrogen) atoms. The van der Waals surface area contributed by atoms with Gasteiger partial charge in [-0.25, -0.2) is 4.39 Å². The van der Waals surface area contributed by atoms with Gasteiger partial charge in [0.2, 0.25) is 5.91 Å². The molecule has 0 fully saturated rings. The highest BCUT2D eigenvalue weighted by atomic mass is 19.1. The van der Waals surface area contributed by atoms with Crippen molar-refractivity contribution in [1.82, 2.24) is 4.90 Å². The van der Waals surface area contributed by atoms with Crippen LogP contribution < -0.4 is 0 Å². The van der Waals surface area contributed by atoms with Gasteiger partial charge in [-0.1, -0.05) is 56.9 Å². The van der Waals surface area contributed by atoms with Gasteiger partial charge in [0, 0.05) is 13.1 Å². The summed E-state index contributed by atoms with van der Waals surface area (Å²) in [4.78, 5) is 14.8. The third-order valence-electron chi connectivity index (χ3n) is 4.16. The van der Waals surface area contributed by atoms with Gasteiger partial charge < -0.3 is 4.90 Å². The van der Waals surface area contributed by atoms with E-state index in [9.17, 15) is 9.18 Å². The number of carbonyl (C=O) groups is 1. The maximum Gasteiger partial charge on any atom is 0.236 e. The van der Waals surface area contributed by atoms with Gasteiger partial charge in [-0.05, 0) is 39.5 Å². The molecular formula is C21H36FNO. The number of nitrogens with zero attached hydrogens (tertiary/aromatic N) is 1. The van der Waals surface area contributed by atoms with E-state index in [1.165, 1.54) is 6.08 Å². The Labute approximate surface area is 148 Å². The first-order chi connectivity index (χ1) is 11.5. The molecule has 0 N–H and O–H groups in total. The van der Waals surface area contributed by atoms with E-state index in [0.29, 0.717) is 6.54 Å². The molecule has 0 aromatic carbocycles. The molecule has 1 atom stereocenters. The van der Waals surface area contributed by atoms with Crippen molar-refractivity contribution >= 4 is 5.91 Å². The number of allylic oxidation sites excluding steroid dienone is 3. The zero-order valence-corrected chi connectivity index (χ0v) is 16.1. The van der Waals surface area contributed by atoms with Crippen LogP contribution in [0.1, 0.15) is 72.6 Å². The molecule has 0 aliphatic heterocycles. The van der Waals surface area contributed by atoms with Crippen LogP contribution in [0.5, 0.6) is 0 Å². The molecule has 2 nitrogen and oxygen atoms in total. The molecule has 0 aromatic rings. The Balaban J connectivity index is 5.22. The lowest BCUT2D eigenvalue weighted by Gasteiger charge is -2.26. The van der Waals surface area contributed by atoms with Gasteiger partial charge in [-0.2, -0.15) is 0 Å². The average molecular weight is 338 g/mol. The molecular weight excluding hydrogens is 301 g/mol. The van der Waals surface area contributed by atoms with Crippen molar-refractivity contribution in [3.8, 4) is 0 Å². The number of rotatable bonds is 13. The normalized spacial score (nSPS) is 13.7. The fraction of sp³-hybridized carbons (Fsp3) is 0.667. The number of hydrogen-bond acceptors (Lipinski definition) is 1. The lowest BCUT2D eigenvalue weighted by Crippen LogP contribution is -2.37. The summed E-state index contributed by atoms with van der Waals surface area (Å²) < 4.78 is 14.3. The van der Waals surface area contributed by atoms with Gasteiger partial charge in [0.1, 0.15) is 11.7 Å². The van der Waals surface area contributed by atoms with E-state index in [2.05, 4.69) is 20.4 Å². The molecule has 0 saturated carbocycles. The van der Waals surface area contributed by atoms with E-state index in [4.69, 9.17) is 0 Å². The van der Waals surface area contributed by atoms with Crippen LogP contribution in [0.4, 0.5) is 4.39 Å². The molecule has 0 radical (unpaired) electrons. The Bertz CT molecular complexity index is 426. The lowest BCUT2D eigenvalue weighted by atomic mass is 9.99. The first-order valence-electron chi connectivity index (χ1n) is 9.40. The maximum atomic E-state index is 14.3. The van der Waals surface area contributed by atoms with Crippen molar-refractivity contribution in [2.24, 2.45) is 5.92 Å². The molecule has 3 heteroatoms. The van der Waals surface area contributed by atoms with Gasteiger partial charge >= 0.3 is 0 Å². The minimum Gasteiger partial charge on any atom is -0.342 e. The van der Waals surface area contributed by atoms with Crippen LogP contribution in [0.2, 0.25) is 0 Å². The minimum absolute atomic E-state index is 0.104. The first-order valence-corrected chi connectivity index (χ1v) is 9.40. The van der Waals surface area contributed by atoms with Gasteiger partial charge in [0.25, 0.3) is 0 Å². The fourth-order valence-corrected chi connectivity index (χ4v) is 2.58. The number of amides is 1. The average Bonchev–Trinajstić information content (AvgIpc) is 2.59. The SMILES string of the molecule is C=CCC/C(C)=C\C(C(=O)N(CCCC)CCCCC)/C(F)=C\C. The molecule has 0 saturated heterocycles. The smallest absolute Gasteiger partial charge is 0.236 e. The number of carbonyl (C=O) groups excluding carboxylic acids is 1. The monoisotopic (exact) mass is 337 g/mol. The topological polar surface area (TPSA) is 20.3 Å². The summed E-state index contributed by atoms with van der Waals surface area (Å²) in [5.41, 5.74) is 1.04. The first kappa shape index (κ1) is 22.6. The van der Waals surface area contributed by atoms with Crippen molar-refractivity contribution in [3.05, 3.63) is 36.2 Å². The lowest BCUT2D eigenvalue weighted by molar-refractivity contribution is -0.133. The van der Waals surface area contributed by atoms with Gasteiger partial charge in [0.15, 0.2) is 0 Å². The van der Waals surface area contributed by atoms with Gasteiger partial charge in [-0.15, -0.1) is 6.58 Å². The maximum absolute atomic E-state index is 14.3. The third-order valence-corrected chi connectivity index (χ3v) is 4.16. The summed E-state index contributed by atoms with van der Waals surface area (Å²) in [5, 5.41) is 0. The molecule has 0 heterocycles. The van der Waals surface area contributed by atoms with Crippen LogP contribution in [-0.2, 0) is 4.79 Å². The molecule has 0 rings (SSSR count). The quantitative estimate of drug-likeness (QED) is 0.289. The van der Waals surface area contributed by atoms with Crippen LogP contribution in [0.25, 0.3) is 0 Å². The molecule has 1 unspecified atom stereocenters. The number of unbranched alkanes of at least 4 members (excludes halogenated alkanes) is 3. The van der Waals surface area contributed by atoms with E-state index in [1.807, 2.05) is 17.9 Å². The van der Waals surface area contributed by atoms with Gasteiger partial charge in [-0.3, -0.25) is 4.79 Å². The second-order valence-corrected chi connectivity index (χ2v) is 6.38. The van der Waals surface area contributed by atoms with Crippen LogP contribution in [0.3, 0.4) is 0 Å². The van der Waals surface area contributed by atoms with Crippen LogP contribution in [0, 0.1) is 5.92 Å². The predicted molar refractivity (Wildman–Crippen MR) is 103 cm³/mol. The highest BCUT2D eigenvalue weighted by Crippen LogP contribution is 2.22. The molecule has 0 aliphatic carbocycles. The largest absolute Gasteiger partial charge is 0.342 e. The van der Waals surface area contributed by atoms with Crippen molar-refractivity contribution < 1.29 is 9.18 Å². The summed E-state index contributed by atoms with van der Waals surface area (Å²) in [6.07, 6.45) is 11.9. The zero-order chi connectivity index (χ0) is 18.4. The predicted octanol–water partition coefficient (Wildman–Crippen LogP) is 6.21. The van der Waals surface area contributed by atoms with Crippen molar-refractivity contribution in [1.29, 1.82) is 0 Å². The minimum atomic E-state index is -0.779. The molecule has 0 spiro atoms. The second-order valence-electron chi connectivity index (χ2n) is 6.38. The molecule has 0 aliphatic rings. The standard InChI is InChI=1S/C21H36FNO/c1-6-10-13-16-23(15-12-8-3)21(24)19(20(22)9-4)17-18(5)14-11-7-2/h7,9,17,19H,2,6,8,10-16H2,1,3-5H3/b18-17-,20-9+. The molecule has 1 amide bonds. The van der Waals surface area contributed by atoms with Crippen molar-refractivity contribution in [2.75, 3.05) is 13.1 Å². The molecule has 0 aromatic heterocycles. The van der Waals surface area contributed by atoms with E-state index >= 15 is 0 Å². The van der Waals surface area contributed by atoms with Crippen molar-refractivity contribution in [3.63, 3.8) is 0 Å². The fourth-order valence-electron chi connectivity index (χ4n) is 2.58. The van der Waals surface area contributed by atoms with Gasteiger partial charge in [0.05, 0.1) is 0 Å². The Hall–Kier alpha value is -1.38. The Morgan fingerprint density at radius 1 is 1.17 bits per heavy atom. The van der Waals surface area contributed by atoms with Crippen LogP contribution in [-0.4, -0.2) is 23.9 Å². The van der Waals surface area contributed by atoms with E-state index in [0.717, 1.165) is 57.1 Å². The Kier molecular flexibility index (Phi) is 13.2. The summed E-state index contributed by atoms with van der Waals surface area (Å²) in [6.45, 7) is 13.0. The van der Waals surface area contributed by atoms with Crippen molar-refractivity contribution in [2.45, 2.75) is 72.6 Å². The highest BCUT2D eigenvalue weighted by molar-refractivity contribution is 5.83. The Morgan fingerprint density at radius 3 is 2.33 bits per heavy atom. The molecule has 0 bridgehead atoms. The van der Waals surface area contributed by atoms with Crippen LogP contribution in [0.15, 0.2) is 36.2 Å². The highest BCUT2D eigenvalue weighted by Gasteiger charge is 2.25. The van der Waals surface area contributed by atoms with E-state index < -0.39 is 5.92 Å². The third kappa shape index (κ3) is 9.05. The summed E-state index contributed by atoms with van der Waals surface area (Å²) in [5.74, 6) is -1.23. The zero-order valence-electron chi connectivity index (χ0n) is 16.1. The van der Waals surface area contributed by atoms with E-state index in [-0.39, 0.29) is 11.7 Å². The number of hydrogen-bond donors (Lipinski definition) is 0. The number of halogens is 1.